The number of nitrogens with one attached hydrogen (secondary N) is 1. The van der Waals surface area contributed by atoms with Crippen LogP contribution in [-0.4, -0.2) is 69.1 Å². The first kappa shape index (κ1) is 22.7. The van der Waals surface area contributed by atoms with E-state index in [1.807, 2.05) is 10.8 Å². The van der Waals surface area contributed by atoms with Crippen molar-refractivity contribution < 1.29 is 4.79 Å². The van der Waals surface area contributed by atoms with E-state index in [4.69, 9.17) is 9.97 Å². The van der Waals surface area contributed by atoms with Gasteiger partial charge in [0.25, 0.3) is 0 Å². The van der Waals surface area contributed by atoms with E-state index in [0.29, 0.717) is 18.3 Å². The number of piperidine rings is 1. The number of amides is 1. The van der Waals surface area contributed by atoms with Crippen LogP contribution in [0.5, 0.6) is 0 Å². The molecule has 1 atom stereocenters. The van der Waals surface area contributed by atoms with Gasteiger partial charge < -0.3 is 15.1 Å². The summed E-state index contributed by atoms with van der Waals surface area (Å²) >= 11 is 0. The number of anilines is 1. The number of rotatable bonds is 9. The fourth-order valence-electron chi connectivity index (χ4n) is 4.71. The van der Waals surface area contributed by atoms with Crippen LogP contribution in [0.2, 0.25) is 0 Å². The standard InChI is InChI=1S/C24H37N7O/c1-19(2)21-17-22(28-24(27-21)30-15-10-25-18-30)31-14-4-3-8-20(31)16-23(32)26-9-7-13-29-11-5-6-12-29/h10,15,17-20H,3-9,11-14,16H2,1-2H3,(H,26,32). The van der Waals surface area contributed by atoms with Crippen molar-refractivity contribution in [3.05, 3.63) is 30.5 Å². The van der Waals surface area contributed by atoms with Gasteiger partial charge in [-0.1, -0.05) is 13.8 Å². The van der Waals surface area contributed by atoms with Gasteiger partial charge in [0.1, 0.15) is 12.1 Å². The van der Waals surface area contributed by atoms with Gasteiger partial charge in [0.2, 0.25) is 11.9 Å². The summed E-state index contributed by atoms with van der Waals surface area (Å²) in [5.41, 5.74) is 1.01. The Morgan fingerprint density at radius 3 is 2.72 bits per heavy atom. The number of hydrogen-bond acceptors (Lipinski definition) is 6. The van der Waals surface area contributed by atoms with Gasteiger partial charge in [0.05, 0.1) is 5.69 Å². The highest BCUT2D eigenvalue weighted by molar-refractivity contribution is 5.77. The smallest absolute Gasteiger partial charge is 0.237 e. The molecule has 0 aliphatic carbocycles. The summed E-state index contributed by atoms with van der Waals surface area (Å²) in [6.45, 7) is 9.49. The quantitative estimate of drug-likeness (QED) is 0.605. The van der Waals surface area contributed by atoms with Crippen molar-refractivity contribution >= 4 is 11.7 Å². The second kappa shape index (κ2) is 10.9. The van der Waals surface area contributed by atoms with Crippen LogP contribution in [-0.2, 0) is 4.79 Å². The van der Waals surface area contributed by atoms with E-state index in [0.717, 1.165) is 56.8 Å². The highest BCUT2D eigenvalue weighted by atomic mass is 16.1. The lowest BCUT2D eigenvalue weighted by molar-refractivity contribution is -0.121. The molecule has 1 unspecified atom stereocenters. The van der Waals surface area contributed by atoms with Crippen molar-refractivity contribution in [3.8, 4) is 5.95 Å². The summed E-state index contributed by atoms with van der Waals surface area (Å²) in [6.07, 6.45) is 12.8. The zero-order chi connectivity index (χ0) is 22.3. The maximum atomic E-state index is 12.7. The third kappa shape index (κ3) is 5.85. The molecule has 2 fully saturated rings. The maximum absolute atomic E-state index is 12.7. The van der Waals surface area contributed by atoms with E-state index >= 15 is 0 Å². The molecule has 1 amide bonds. The Labute approximate surface area is 191 Å². The van der Waals surface area contributed by atoms with Crippen molar-refractivity contribution in [1.29, 1.82) is 0 Å². The highest BCUT2D eigenvalue weighted by Crippen LogP contribution is 2.28. The van der Waals surface area contributed by atoms with E-state index in [9.17, 15) is 4.79 Å². The molecule has 174 valence electrons. The van der Waals surface area contributed by atoms with Crippen LogP contribution in [0.4, 0.5) is 5.82 Å². The molecule has 1 N–H and O–H groups in total. The summed E-state index contributed by atoms with van der Waals surface area (Å²) in [6, 6.07) is 2.27. The first-order valence-corrected chi connectivity index (χ1v) is 12.2. The minimum atomic E-state index is 0.149. The number of hydrogen-bond donors (Lipinski definition) is 1. The van der Waals surface area contributed by atoms with Crippen LogP contribution in [0.25, 0.3) is 5.95 Å². The Morgan fingerprint density at radius 1 is 1.16 bits per heavy atom. The third-order valence-electron chi connectivity index (χ3n) is 6.56. The number of carbonyl (C=O) groups is 1. The van der Waals surface area contributed by atoms with Crippen LogP contribution in [0.3, 0.4) is 0 Å². The second-order valence-electron chi connectivity index (χ2n) is 9.38. The van der Waals surface area contributed by atoms with Gasteiger partial charge in [-0.15, -0.1) is 0 Å². The Morgan fingerprint density at radius 2 is 1.97 bits per heavy atom. The third-order valence-corrected chi connectivity index (χ3v) is 6.56. The van der Waals surface area contributed by atoms with Gasteiger partial charge in [0, 0.05) is 44.0 Å². The number of nitrogens with zero attached hydrogens (tertiary/aromatic N) is 6. The predicted octanol–water partition coefficient (Wildman–Crippen LogP) is 3.14. The van der Waals surface area contributed by atoms with Crippen LogP contribution < -0.4 is 10.2 Å². The van der Waals surface area contributed by atoms with Crippen LogP contribution >= 0.6 is 0 Å². The summed E-state index contributed by atoms with van der Waals surface area (Å²) in [5, 5.41) is 3.15. The lowest BCUT2D eigenvalue weighted by Gasteiger charge is -2.36. The molecule has 2 saturated heterocycles. The maximum Gasteiger partial charge on any atom is 0.237 e. The van der Waals surface area contributed by atoms with E-state index < -0.39 is 0 Å². The zero-order valence-electron chi connectivity index (χ0n) is 19.5. The number of aromatic nitrogens is 4. The molecule has 4 rings (SSSR count). The topological polar surface area (TPSA) is 79.2 Å². The summed E-state index contributed by atoms with van der Waals surface area (Å²) < 4.78 is 1.85. The second-order valence-corrected chi connectivity index (χ2v) is 9.38. The molecule has 0 bridgehead atoms. The fraction of sp³-hybridized carbons (Fsp3) is 0.667. The lowest BCUT2D eigenvalue weighted by Crippen LogP contribution is -2.43. The first-order valence-electron chi connectivity index (χ1n) is 12.2. The Kier molecular flexibility index (Phi) is 7.73. The van der Waals surface area contributed by atoms with E-state index in [1.54, 1.807) is 12.5 Å². The van der Waals surface area contributed by atoms with Crippen molar-refractivity contribution in [3.63, 3.8) is 0 Å². The van der Waals surface area contributed by atoms with Gasteiger partial charge in [-0.3, -0.25) is 9.36 Å². The predicted molar refractivity (Wildman–Crippen MR) is 126 cm³/mol. The van der Waals surface area contributed by atoms with E-state index in [2.05, 4.69) is 40.0 Å². The zero-order valence-corrected chi connectivity index (χ0v) is 19.5. The van der Waals surface area contributed by atoms with Crippen LogP contribution in [0.1, 0.15) is 70.4 Å². The SMILES string of the molecule is CC(C)c1cc(N2CCCCC2CC(=O)NCCCN2CCCC2)nc(-n2ccnc2)n1. The van der Waals surface area contributed by atoms with Crippen molar-refractivity contribution in [2.45, 2.75) is 70.8 Å². The molecule has 2 aliphatic rings. The number of likely N-dealkylation sites (tertiary alicyclic amines) is 1. The summed E-state index contributed by atoms with van der Waals surface area (Å²) in [4.78, 5) is 31.3. The normalized spacial score (nSPS) is 19.6. The molecule has 2 aliphatic heterocycles. The molecule has 8 nitrogen and oxygen atoms in total. The summed E-state index contributed by atoms with van der Waals surface area (Å²) in [7, 11) is 0. The van der Waals surface area contributed by atoms with Crippen molar-refractivity contribution in [2.75, 3.05) is 37.6 Å². The number of imidazole rings is 1. The monoisotopic (exact) mass is 439 g/mol. The minimum absolute atomic E-state index is 0.149. The van der Waals surface area contributed by atoms with E-state index in [1.165, 1.54) is 25.9 Å². The van der Waals surface area contributed by atoms with Crippen molar-refractivity contribution in [1.82, 2.24) is 29.7 Å². The van der Waals surface area contributed by atoms with Gasteiger partial charge in [-0.25, -0.2) is 9.97 Å². The highest BCUT2D eigenvalue weighted by Gasteiger charge is 2.27. The molecule has 2 aromatic heterocycles. The summed E-state index contributed by atoms with van der Waals surface area (Å²) in [5.74, 6) is 2.00. The minimum Gasteiger partial charge on any atom is -0.356 e. The van der Waals surface area contributed by atoms with E-state index in [-0.39, 0.29) is 11.9 Å². The molecular formula is C24H37N7O. The molecule has 2 aromatic rings. The molecule has 4 heterocycles. The van der Waals surface area contributed by atoms with Gasteiger partial charge in [-0.05, 0) is 64.1 Å². The average Bonchev–Trinajstić information content (AvgIpc) is 3.51. The number of carbonyl (C=O) groups excluding carboxylic acids is 1. The fourth-order valence-corrected chi connectivity index (χ4v) is 4.71. The molecule has 0 saturated carbocycles. The van der Waals surface area contributed by atoms with Crippen LogP contribution in [0, 0.1) is 0 Å². The van der Waals surface area contributed by atoms with Crippen molar-refractivity contribution in [2.24, 2.45) is 0 Å². The lowest BCUT2D eigenvalue weighted by atomic mass is 9.98. The average molecular weight is 440 g/mol. The molecule has 0 spiro atoms. The molecule has 0 radical (unpaired) electrons. The van der Waals surface area contributed by atoms with Gasteiger partial charge in [0.15, 0.2) is 0 Å². The molecule has 8 heteroatoms. The Hall–Kier alpha value is -2.48. The largest absolute Gasteiger partial charge is 0.356 e. The molecule has 32 heavy (non-hydrogen) atoms. The van der Waals surface area contributed by atoms with Gasteiger partial charge in [-0.2, -0.15) is 4.98 Å². The Balaban J connectivity index is 1.40. The molecular weight excluding hydrogens is 402 g/mol. The Bertz CT molecular complexity index is 861. The van der Waals surface area contributed by atoms with Crippen LogP contribution in [0.15, 0.2) is 24.8 Å². The molecule has 0 aromatic carbocycles. The first-order chi connectivity index (χ1) is 15.6. The van der Waals surface area contributed by atoms with Gasteiger partial charge >= 0.3 is 0 Å².